The largest absolute Gasteiger partial charge is 2.00 e. The van der Waals surface area contributed by atoms with Crippen LogP contribution in [0.2, 0.25) is 0 Å². The predicted molar refractivity (Wildman–Crippen MR) is 70.9 cm³/mol. The summed E-state index contributed by atoms with van der Waals surface area (Å²) in [5.41, 5.74) is 0. The molecule has 11 nitrogen and oxygen atoms in total. The normalized spacial score (nSPS) is 3.79. The second kappa shape index (κ2) is 88.3. The second-order valence-electron chi connectivity index (χ2n) is 0.476. The van der Waals surface area contributed by atoms with Crippen LogP contribution in [0.3, 0.4) is 0 Å². The van der Waals surface area contributed by atoms with Gasteiger partial charge in [0.2, 0.25) is 0 Å². The molecule has 0 heterocycles. The second-order valence-corrected chi connectivity index (χ2v) is 1.43. The van der Waals surface area contributed by atoms with E-state index in [2.05, 4.69) is 0 Å². The maximum atomic E-state index is 8.59. The van der Waals surface area contributed by atoms with E-state index in [1.807, 2.05) is 0 Å². The van der Waals surface area contributed by atoms with Gasteiger partial charge in [-0.3, -0.25) is 0 Å². The van der Waals surface area contributed by atoms with E-state index in [4.69, 9.17) is 29.4 Å². The summed E-state index contributed by atoms with van der Waals surface area (Å²) in [5.74, 6) is 0. The summed E-state index contributed by atoms with van der Waals surface area (Å²) in [6, 6.07) is 0. The van der Waals surface area contributed by atoms with E-state index in [1.165, 1.54) is 0 Å². The summed E-state index contributed by atoms with van der Waals surface area (Å²) in [4.78, 5) is 48.4. The van der Waals surface area contributed by atoms with Gasteiger partial charge in [-0.15, -0.1) is 0 Å². The van der Waals surface area contributed by atoms with Crippen molar-refractivity contribution in [2.75, 3.05) is 0 Å². The Bertz CT molecular complexity index is 40.7. The number of hydrogen-bond acceptors (Lipinski definition) is 6. The van der Waals surface area contributed by atoms with Crippen molar-refractivity contribution in [2.45, 2.75) is 0 Å². The number of rotatable bonds is 0. The number of hydrogen-bond donors (Lipinski definition) is 2. The van der Waals surface area contributed by atoms with E-state index < -0.39 is 17.2 Å². The molecule has 0 aliphatic heterocycles. The topological polar surface area (TPSA) is 290 Å². The zero-order valence-corrected chi connectivity index (χ0v) is 34.0. The minimum atomic E-state index is -3.12. The molecule has 0 aromatic rings. The maximum Gasteiger partial charge on any atom is 2.00 e. The van der Waals surface area contributed by atoms with E-state index in [0.29, 0.717) is 0 Å². The smallest absolute Gasteiger partial charge is 0.820 e. The quantitative estimate of drug-likeness (QED) is 0.175. The Morgan fingerprint density at radius 3 is 0.474 bits per heavy atom. The molecule has 0 aromatic carbocycles. The van der Waals surface area contributed by atoms with Gasteiger partial charge < -0.3 is 56.7 Å². The average molecular weight is 1490 g/mol. The Labute approximate surface area is 233 Å². The van der Waals surface area contributed by atoms with Gasteiger partial charge in [0, 0.05) is 109 Å². The molecule has 0 aromatic heterocycles. The molecule has 0 saturated carbocycles. The molecule has 20 radical (unpaired) electrons. The van der Waals surface area contributed by atoms with Crippen molar-refractivity contribution in [1.29, 1.82) is 0 Å². The molecule has 0 atom stereocenters. The summed E-state index contributed by atoms with van der Waals surface area (Å²) >= 11 is 0. The van der Waals surface area contributed by atoms with Crippen LogP contribution in [-0.4, -0.2) is 201 Å². The first-order chi connectivity index (χ1) is 3.46. The molecule has 0 unspecified atom stereocenters. The van der Waals surface area contributed by atoms with E-state index in [1.54, 1.807) is 0 Å². The maximum absolute atomic E-state index is 8.59. The predicted octanol–water partition coefficient (Wildman–Crippen LogP) is -10.6. The zero-order chi connectivity index (χ0) is 7.15. The Balaban J connectivity index is -0.00000000218. The fourth-order valence-corrected chi connectivity index (χ4v) is 0. The molecule has 0 fully saturated rings. The van der Waals surface area contributed by atoms with Crippen molar-refractivity contribution >= 4 is 181 Å². The third kappa shape index (κ3) is 326. The van der Waals surface area contributed by atoms with Crippen molar-refractivity contribution in [3.63, 3.8) is 0 Å². The summed E-state index contributed by atoms with van der Waals surface area (Å²) in [6.07, 6.45) is 0. The van der Waals surface area contributed by atoms with Gasteiger partial charge in [0.1, 0.15) is 0 Å². The zero-order valence-electron chi connectivity index (χ0n) is 8.92. The van der Waals surface area contributed by atoms with Gasteiger partial charge in [-0.1, -0.05) is 0 Å². The summed E-state index contributed by atoms with van der Waals surface area (Å²) in [7, 11) is -6.24. The Morgan fingerprint density at radius 2 is 0.474 bits per heavy atom. The molecule has 12 N–H and O–H groups in total. The molecular weight excluding hydrogens is 1480 g/mol. The van der Waals surface area contributed by atoms with Crippen molar-refractivity contribution in [3.05, 3.63) is 0 Å². The minimum absolute atomic E-state index is 0. The molecule has 0 amide bonds. The Kier molecular flexibility index (Phi) is 466. The van der Waals surface area contributed by atoms with Crippen LogP contribution in [0.25, 0.3) is 0 Å². The van der Waals surface area contributed by atoms with Crippen molar-refractivity contribution in [3.8, 4) is 0 Å². The molecule has 112 valence electrons. The van der Waals surface area contributed by atoms with Crippen LogP contribution in [0.1, 0.15) is 0 Å². The Morgan fingerprint density at radius 1 is 0.474 bits per heavy atom. The molecule has 0 aliphatic carbocycles. The van der Waals surface area contributed by atoms with E-state index >= 15 is 0 Å². The third-order valence-electron chi connectivity index (χ3n) is 0. The first-order valence-corrected chi connectivity index (χ1v) is 3.39. The van der Waals surface area contributed by atoms with Crippen molar-refractivity contribution in [2.24, 2.45) is 0 Å². The van der Waals surface area contributed by atoms with Gasteiger partial charge in [0.15, 0.2) is 0 Å². The minimum Gasteiger partial charge on any atom is -0.820 e. The van der Waals surface area contributed by atoms with Crippen LogP contribution < -0.4 is 19.6 Å². The fourth-order valence-electron chi connectivity index (χ4n) is 0. The van der Waals surface area contributed by atoms with Gasteiger partial charge in [-0.2, -0.15) is 17.2 Å². The Hall–Kier alpha value is 5.95. The van der Waals surface area contributed by atoms with Gasteiger partial charge in [0.05, 0.1) is 0 Å². The standard InChI is InChI=1S/2HO3P.5H2O.6Pb/c2*1-4(2)3;;;;;;;;;;;/h2*1H;5*1H2;;;;;;/q2*-2;;;;;;;;;;2*+2. The third-order valence-corrected chi connectivity index (χ3v) is 0. The monoisotopic (exact) mass is 1500 g/mol. The first kappa shape index (κ1) is 100. The van der Waals surface area contributed by atoms with Crippen LogP contribution in [0.4, 0.5) is 0 Å². The van der Waals surface area contributed by atoms with Gasteiger partial charge in [0.25, 0.3) is 0 Å². The molecule has 19 heavy (non-hydrogen) atoms. The van der Waals surface area contributed by atoms with Crippen molar-refractivity contribution < 1.29 is 56.7 Å². The van der Waals surface area contributed by atoms with Gasteiger partial charge in [-0.05, 0) is 0 Å². The SMILES string of the molecule is O.O.O.O.O.[O-]P([O-])O.[O-]P([O-])O.[Pb+2].[Pb+2].[Pb].[Pb].[Pb].[Pb]. The van der Waals surface area contributed by atoms with Crippen molar-refractivity contribution in [1.82, 2.24) is 0 Å². The van der Waals surface area contributed by atoms with Crippen LogP contribution in [0.5, 0.6) is 0 Å². The van der Waals surface area contributed by atoms with Crippen LogP contribution >= 0.6 is 17.2 Å². The summed E-state index contributed by atoms with van der Waals surface area (Å²) in [5, 5.41) is 0. The molecular formula is H12O11P2Pb6. The molecule has 0 aliphatic rings. The molecule has 19 heteroatoms. The first-order valence-electron chi connectivity index (χ1n) is 1.13. The van der Waals surface area contributed by atoms with Crippen LogP contribution in [-0.2, 0) is 0 Å². The van der Waals surface area contributed by atoms with Gasteiger partial charge >= 0.3 is 54.6 Å². The van der Waals surface area contributed by atoms with E-state index in [9.17, 15) is 0 Å². The molecule has 0 saturated heterocycles. The average Bonchev–Trinajstić information content (AvgIpc) is 1.25. The van der Waals surface area contributed by atoms with Crippen LogP contribution in [0.15, 0.2) is 0 Å². The van der Waals surface area contributed by atoms with E-state index in [0.717, 1.165) is 0 Å². The van der Waals surface area contributed by atoms with Gasteiger partial charge in [-0.25, -0.2) is 0 Å². The van der Waals surface area contributed by atoms with Crippen LogP contribution in [0, 0.1) is 0 Å². The summed E-state index contributed by atoms with van der Waals surface area (Å²) in [6.45, 7) is 0. The molecule has 0 spiro atoms. The summed E-state index contributed by atoms with van der Waals surface area (Å²) < 4.78 is 0. The fraction of sp³-hybridized carbons (Fsp3) is 0. The molecule has 0 rings (SSSR count). The molecule has 0 bridgehead atoms. The van der Waals surface area contributed by atoms with E-state index in [-0.39, 0.29) is 191 Å².